The quantitative estimate of drug-likeness (QED) is 0.181. The molecule has 1 N–H and O–H groups in total. The van der Waals surface area contributed by atoms with Gasteiger partial charge in [0, 0.05) is 42.5 Å². The van der Waals surface area contributed by atoms with Gasteiger partial charge in [0.1, 0.15) is 11.2 Å². The molecule has 3 aromatic heterocycles. The Hall–Kier alpha value is -7.92. The van der Waals surface area contributed by atoms with Gasteiger partial charge >= 0.3 is 0 Å². The highest BCUT2D eigenvalue weighted by atomic mass is 32.1. The fourth-order valence-corrected chi connectivity index (χ4v) is 11.6. The van der Waals surface area contributed by atoms with Crippen LogP contribution >= 0.6 is 11.3 Å². The van der Waals surface area contributed by atoms with Crippen LogP contribution in [0.4, 0.5) is 0 Å². The van der Waals surface area contributed by atoms with Crippen LogP contribution in [0.3, 0.4) is 0 Å². The minimum absolute atomic E-state index is 0.127. The van der Waals surface area contributed by atoms with Crippen LogP contribution in [0, 0.1) is 0 Å². The molecular formula is C61H42N2OS. The molecule has 12 aromatic rings. The number of nitrogens with one attached hydrogen (secondary N) is 1. The highest BCUT2D eigenvalue weighted by Crippen LogP contribution is 2.47. The van der Waals surface area contributed by atoms with E-state index in [0.29, 0.717) is 0 Å². The maximum atomic E-state index is 6.75. The van der Waals surface area contributed by atoms with Crippen LogP contribution in [0.2, 0.25) is 0 Å². The summed E-state index contributed by atoms with van der Waals surface area (Å²) < 4.78 is 10.4. The molecule has 0 radical (unpaired) electrons. The number of para-hydroxylation sites is 2. The molecule has 0 amide bonds. The maximum absolute atomic E-state index is 6.75. The SMILES string of the molecule is CC1=C(c2ccc(-c3ccccc3)cc2)NC(c2cccc3oc4ccc(-c5ccc6c(c5)c5ccccc5n6-c5ccccc5)cc4c23)c2sc3ccc(-c4ccccc4)cc3c2C1. The fourth-order valence-electron chi connectivity index (χ4n) is 10.4. The van der Waals surface area contributed by atoms with E-state index in [1.54, 1.807) is 0 Å². The maximum Gasteiger partial charge on any atom is 0.135 e. The van der Waals surface area contributed by atoms with E-state index in [4.69, 9.17) is 4.42 Å². The van der Waals surface area contributed by atoms with Crippen molar-refractivity contribution in [1.82, 2.24) is 9.88 Å². The standard InChI is InChI=1S/C61H42N2OS/c1-38-34-51-50-36-43(40-16-7-3-8-17-40)30-33-57(50)65-61(51)60(62-59(38)42-26-24-41(25-27-42)39-14-5-2-6-15-39)48-21-13-23-56-58(48)52-37-45(29-32-55(52)64-56)44-28-31-54-49(35-44)47-20-11-12-22-53(47)63(54)46-18-9-4-10-19-46/h2-33,35-37,60,62H,34H2,1H3. The number of nitrogens with zero attached hydrogens (tertiary/aromatic N) is 1. The van der Waals surface area contributed by atoms with Crippen LogP contribution in [0.25, 0.3) is 98.6 Å². The fraction of sp³-hybridized carbons (Fsp3) is 0.0492. The second kappa shape index (κ2) is 15.1. The molecule has 0 saturated heterocycles. The summed E-state index contributed by atoms with van der Waals surface area (Å²) in [5, 5.41) is 10.3. The Balaban J connectivity index is 0.982. The van der Waals surface area contributed by atoms with Gasteiger partial charge in [0.25, 0.3) is 0 Å². The van der Waals surface area contributed by atoms with Crippen molar-refractivity contribution in [3.05, 3.63) is 239 Å². The number of aromatic nitrogens is 1. The zero-order valence-corrected chi connectivity index (χ0v) is 36.6. The summed E-state index contributed by atoms with van der Waals surface area (Å²) in [5.74, 6) is 0. The van der Waals surface area contributed by atoms with Gasteiger partial charge in [0.05, 0.1) is 17.1 Å². The van der Waals surface area contributed by atoms with Crippen molar-refractivity contribution in [1.29, 1.82) is 0 Å². The predicted molar refractivity (Wildman–Crippen MR) is 274 cm³/mol. The number of hydrogen-bond donors (Lipinski definition) is 1. The third-order valence-corrected chi connectivity index (χ3v) is 14.8. The Morgan fingerprint density at radius 2 is 1.06 bits per heavy atom. The van der Waals surface area contributed by atoms with E-state index >= 15 is 0 Å². The first-order chi connectivity index (χ1) is 32.1. The number of fused-ring (bicyclic) bond motifs is 9. The number of rotatable bonds is 6. The lowest BCUT2D eigenvalue weighted by molar-refractivity contribution is 0.668. The van der Waals surface area contributed by atoms with E-state index in [9.17, 15) is 0 Å². The third-order valence-electron chi connectivity index (χ3n) is 13.5. The summed E-state index contributed by atoms with van der Waals surface area (Å²) in [5.41, 5.74) is 18.9. The second-order valence-electron chi connectivity index (χ2n) is 17.3. The van der Waals surface area contributed by atoms with Crippen molar-refractivity contribution >= 4 is 70.9 Å². The lowest BCUT2D eigenvalue weighted by Gasteiger charge is -2.23. The van der Waals surface area contributed by atoms with E-state index in [-0.39, 0.29) is 6.04 Å². The summed E-state index contributed by atoms with van der Waals surface area (Å²) >= 11 is 1.92. The van der Waals surface area contributed by atoms with Crippen molar-refractivity contribution in [2.75, 3.05) is 0 Å². The molecule has 3 nitrogen and oxygen atoms in total. The van der Waals surface area contributed by atoms with E-state index in [0.717, 1.165) is 39.6 Å². The molecule has 1 aliphatic rings. The number of allylic oxidation sites excluding steroid dienone is 1. The van der Waals surface area contributed by atoms with Crippen molar-refractivity contribution in [3.8, 4) is 39.1 Å². The number of thiophene rings is 1. The lowest BCUT2D eigenvalue weighted by Crippen LogP contribution is -2.20. The lowest BCUT2D eigenvalue weighted by atomic mass is 9.93. The molecule has 0 fully saturated rings. The molecule has 13 rings (SSSR count). The van der Waals surface area contributed by atoms with Gasteiger partial charge in [0.15, 0.2) is 0 Å². The summed E-state index contributed by atoms with van der Waals surface area (Å²) in [6.07, 6.45) is 0.849. The average Bonchev–Trinajstić information content (AvgIpc) is 4.01. The van der Waals surface area contributed by atoms with Gasteiger partial charge in [0.2, 0.25) is 0 Å². The van der Waals surface area contributed by atoms with Gasteiger partial charge in [-0.05, 0) is 135 Å². The first-order valence-electron chi connectivity index (χ1n) is 22.4. The van der Waals surface area contributed by atoms with Gasteiger partial charge in [-0.25, -0.2) is 0 Å². The van der Waals surface area contributed by atoms with Crippen LogP contribution < -0.4 is 5.32 Å². The third kappa shape index (κ3) is 6.24. The first kappa shape index (κ1) is 37.6. The zero-order chi connectivity index (χ0) is 43.0. The average molecular weight is 851 g/mol. The molecule has 0 aliphatic carbocycles. The predicted octanol–water partition coefficient (Wildman–Crippen LogP) is 16.6. The van der Waals surface area contributed by atoms with Crippen molar-refractivity contribution < 1.29 is 4.42 Å². The molecule has 9 aromatic carbocycles. The molecule has 0 saturated carbocycles. The number of furan rings is 1. The van der Waals surface area contributed by atoms with Crippen LogP contribution in [-0.4, -0.2) is 4.57 Å². The Morgan fingerprint density at radius 3 is 1.85 bits per heavy atom. The highest BCUT2D eigenvalue weighted by Gasteiger charge is 2.30. The van der Waals surface area contributed by atoms with E-state index < -0.39 is 0 Å². The molecular weight excluding hydrogens is 809 g/mol. The summed E-state index contributed by atoms with van der Waals surface area (Å²) in [6, 6.07) is 77.0. The molecule has 0 bridgehead atoms. The molecule has 4 heterocycles. The van der Waals surface area contributed by atoms with E-state index in [1.165, 1.54) is 92.5 Å². The molecule has 1 aliphatic heterocycles. The normalized spacial score (nSPS) is 14.1. The minimum Gasteiger partial charge on any atom is -0.456 e. The number of hydrogen-bond acceptors (Lipinski definition) is 3. The molecule has 1 unspecified atom stereocenters. The largest absolute Gasteiger partial charge is 0.456 e. The van der Waals surface area contributed by atoms with E-state index in [1.807, 2.05) is 11.3 Å². The van der Waals surface area contributed by atoms with E-state index in [2.05, 4.69) is 229 Å². The Morgan fingerprint density at radius 1 is 0.477 bits per heavy atom. The molecule has 1 atom stereocenters. The van der Waals surface area contributed by atoms with Gasteiger partial charge in [-0.3, -0.25) is 0 Å². The second-order valence-corrected chi connectivity index (χ2v) is 18.4. The highest BCUT2D eigenvalue weighted by molar-refractivity contribution is 7.19. The van der Waals surface area contributed by atoms with Crippen LogP contribution in [0.1, 0.15) is 34.5 Å². The minimum atomic E-state index is -0.127. The molecule has 308 valence electrons. The smallest absolute Gasteiger partial charge is 0.135 e. The van der Waals surface area contributed by atoms with Crippen molar-refractivity contribution in [2.45, 2.75) is 19.4 Å². The summed E-state index contributed by atoms with van der Waals surface area (Å²) in [6.45, 7) is 2.30. The summed E-state index contributed by atoms with van der Waals surface area (Å²) in [4.78, 5) is 1.35. The van der Waals surface area contributed by atoms with Gasteiger partial charge in [-0.2, -0.15) is 0 Å². The monoisotopic (exact) mass is 850 g/mol. The Bertz CT molecular complexity index is 3820. The topological polar surface area (TPSA) is 30.1 Å². The van der Waals surface area contributed by atoms with Crippen LogP contribution in [0.5, 0.6) is 0 Å². The van der Waals surface area contributed by atoms with Crippen LogP contribution in [0.15, 0.2) is 222 Å². The van der Waals surface area contributed by atoms with Gasteiger partial charge in [-0.15, -0.1) is 11.3 Å². The molecule has 0 spiro atoms. The Labute approximate surface area is 381 Å². The first-order valence-corrected chi connectivity index (χ1v) is 23.2. The molecule has 4 heteroatoms. The van der Waals surface area contributed by atoms with Crippen LogP contribution in [-0.2, 0) is 6.42 Å². The van der Waals surface area contributed by atoms with Gasteiger partial charge in [-0.1, -0.05) is 152 Å². The Kier molecular flexibility index (Phi) is 8.75. The summed E-state index contributed by atoms with van der Waals surface area (Å²) in [7, 11) is 0. The van der Waals surface area contributed by atoms with Crippen molar-refractivity contribution in [3.63, 3.8) is 0 Å². The number of benzene rings is 9. The van der Waals surface area contributed by atoms with Crippen molar-refractivity contribution in [2.24, 2.45) is 0 Å². The van der Waals surface area contributed by atoms with Gasteiger partial charge < -0.3 is 14.3 Å². The zero-order valence-electron chi connectivity index (χ0n) is 35.8. The molecule has 65 heavy (non-hydrogen) atoms.